The van der Waals surface area contributed by atoms with E-state index in [9.17, 15) is 24.9 Å². The summed E-state index contributed by atoms with van der Waals surface area (Å²) in [6.45, 7) is 9.60. The van der Waals surface area contributed by atoms with Crippen molar-refractivity contribution in [3.05, 3.63) is 23.3 Å². The lowest BCUT2D eigenvalue weighted by Crippen LogP contribution is -2.61. The zero-order valence-corrected chi connectivity index (χ0v) is 20.7. The minimum Gasteiger partial charge on any atom is -0.458 e. The van der Waals surface area contributed by atoms with Crippen molar-refractivity contribution in [1.29, 1.82) is 0 Å². The van der Waals surface area contributed by atoms with Crippen molar-refractivity contribution in [3.8, 4) is 0 Å². The van der Waals surface area contributed by atoms with E-state index < -0.39 is 28.6 Å². The first-order chi connectivity index (χ1) is 15.4. The monoisotopic (exact) mass is 460 g/mol. The first-order valence-electron chi connectivity index (χ1n) is 12.6. The molecule has 0 bridgehead atoms. The number of rotatable bonds is 7. The molecule has 0 saturated heterocycles. The van der Waals surface area contributed by atoms with E-state index in [0.717, 1.165) is 25.7 Å². The van der Waals surface area contributed by atoms with Gasteiger partial charge in [0.05, 0.1) is 12.2 Å². The molecule has 4 aliphatic carbocycles. The highest BCUT2D eigenvalue weighted by Crippen LogP contribution is 2.76. The number of unbranched alkanes of at least 4 members (excludes halogenated alkanes) is 3. The van der Waals surface area contributed by atoms with Crippen LogP contribution in [0, 0.1) is 29.1 Å². The molecule has 0 radical (unpaired) electrons. The molecule has 0 aromatic rings. The molecule has 3 N–H and O–H groups in total. The summed E-state index contributed by atoms with van der Waals surface area (Å²) in [6.07, 6.45) is 8.49. The van der Waals surface area contributed by atoms with Gasteiger partial charge in [-0.3, -0.25) is 9.59 Å². The maximum atomic E-state index is 13.0. The third-order valence-electron chi connectivity index (χ3n) is 9.41. The Morgan fingerprint density at radius 3 is 2.52 bits per heavy atom. The number of Topliss-reactive ketones (excluding diaryl/α,β-unsaturated/α-hetero) is 1. The summed E-state index contributed by atoms with van der Waals surface area (Å²) >= 11 is 0. The van der Waals surface area contributed by atoms with Crippen LogP contribution in [0.4, 0.5) is 0 Å². The molecule has 0 aromatic carbocycles. The summed E-state index contributed by atoms with van der Waals surface area (Å²) in [7, 11) is 0. The Balaban J connectivity index is 1.69. The molecule has 7 atom stereocenters. The summed E-state index contributed by atoms with van der Waals surface area (Å²) in [5.74, 6) is -2.26. The molecule has 0 heterocycles. The minimum atomic E-state index is -1.76. The highest BCUT2D eigenvalue weighted by Gasteiger charge is 2.83. The van der Waals surface area contributed by atoms with Gasteiger partial charge < -0.3 is 20.1 Å². The summed E-state index contributed by atoms with van der Waals surface area (Å²) < 4.78 is 6.21. The van der Waals surface area contributed by atoms with Gasteiger partial charge in [-0.15, -0.1) is 0 Å². The lowest BCUT2D eigenvalue weighted by molar-refractivity contribution is -0.187. The molecular formula is C27H40O6. The second kappa shape index (κ2) is 8.03. The van der Waals surface area contributed by atoms with Gasteiger partial charge in [-0.25, -0.2) is 0 Å². The fourth-order valence-corrected chi connectivity index (χ4v) is 7.55. The second-order valence-corrected chi connectivity index (χ2v) is 11.6. The first-order valence-corrected chi connectivity index (χ1v) is 12.6. The number of aliphatic hydroxyl groups is 3. The van der Waals surface area contributed by atoms with Crippen LogP contribution in [0.25, 0.3) is 0 Å². The lowest BCUT2D eigenvalue weighted by Gasteiger charge is -2.50. The van der Waals surface area contributed by atoms with Crippen LogP contribution in [0.2, 0.25) is 0 Å². The number of hydrogen-bond acceptors (Lipinski definition) is 6. The second-order valence-electron chi connectivity index (χ2n) is 11.6. The molecule has 0 aliphatic heterocycles. The molecule has 0 unspecified atom stereocenters. The van der Waals surface area contributed by atoms with Gasteiger partial charge in [-0.1, -0.05) is 59.1 Å². The molecule has 4 aliphatic rings. The van der Waals surface area contributed by atoms with Crippen LogP contribution < -0.4 is 0 Å². The number of hydrogen-bond donors (Lipinski definition) is 3. The van der Waals surface area contributed by atoms with Gasteiger partial charge in [0.1, 0.15) is 11.2 Å². The topological polar surface area (TPSA) is 104 Å². The van der Waals surface area contributed by atoms with Crippen LogP contribution in [0.15, 0.2) is 23.3 Å². The minimum absolute atomic E-state index is 0.00371. The Kier molecular flexibility index (Phi) is 5.99. The molecule has 184 valence electrons. The van der Waals surface area contributed by atoms with Crippen LogP contribution >= 0.6 is 0 Å². The Morgan fingerprint density at radius 2 is 1.88 bits per heavy atom. The maximum absolute atomic E-state index is 13.0. The Labute approximate surface area is 197 Å². The molecule has 0 aromatic heterocycles. The molecule has 0 spiro atoms. The zero-order valence-electron chi connectivity index (χ0n) is 20.7. The average molecular weight is 461 g/mol. The number of esters is 1. The van der Waals surface area contributed by atoms with E-state index in [-0.39, 0.29) is 42.0 Å². The van der Waals surface area contributed by atoms with E-state index in [1.54, 1.807) is 13.0 Å². The number of ether oxygens (including phenoxy) is 1. The third-order valence-corrected chi connectivity index (χ3v) is 9.41. The number of carbonyl (C=O) groups excluding carboxylic acids is 2. The molecule has 0 amide bonds. The van der Waals surface area contributed by atoms with Crippen LogP contribution in [-0.2, 0) is 14.3 Å². The van der Waals surface area contributed by atoms with Crippen molar-refractivity contribution in [2.24, 2.45) is 29.1 Å². The summed E-state index contributed by atoms with van der Waals surface area (Å²) in [6, 6.07) is 0. The van der Waals surface area contributed by atoms with Crippen molar-refractivity contribution in [2.75, 3.05) is 6.61 Å². The highest BCUT2D eigenvalue weighted by atomic mass is 16.6. The van der Waals surface area contributed by atoms with Gasteiger partial charge in [0.25, 0.3) is 0 Å². The maximum Gasteiger partial charge on any atom is 0.306 e. The van der Waals surface area contributed by atoms with Crippen molar-refractivity contribution >= 4 is 11.8 Å². The SMILES string of the molecule is CCCCCCC(=O)O[C@@]12C[C@@H](C)[C@@]3(O)[C@@H](C=C(CO)C[C@]4(O)C(=O)C(C)=C[C@@H]34)[C@@H]1C2(C)C. The van der Waals surface area contributed by atoms with Crippen molar-refractivity contribution in [2.45, 2.75) is 96.4 Å². The van der Waals surface area contributed by atoms with Crippen LogP contribution in [0.5, 0.6) is 0 Å². The first kappa shape index (κ1) is 24.6. The van der Waals surface area contributed by atoms with E-state index in [4.69, 9.17) is 4.74 Å². The number of fused-ring (bicyclic) bond motifs is 5. The molecule has 2 fully saturated rings. The zero-order chi connectivity index (χ0) is 24.4. The smallest absolute Gasteiger partial charge is 0.306 e. The predicted molar refractivity (Wildman–Crippen MR) is 124 cm³/mol. The Bertz CT molecular complexity index is 902. The normalized spacial score (nSPS) is 43.0. The van der Waals surface area contributed by atoms with E-state index in [1.807, 2.05) is 13.0 Å². The molecule has 33 heavy (non-hydrogen) atoms. The Morgan fingerprint density at radius 1 is 1.18 bits per heavy atom. The number of ketones is 1. The molecule has 2 saturated carbocycles. The van der Waals surface area contributed by atoms with Crippen LogP contribution in [0.3, 0.4) is 0 Å². The van der Waals surface area contributed by atoms with E-state index in [2.05, 4.69) is 20.8 Å². The summed E-state index contributed by atoms with van der Waals surface area (Å²) in [5, 5.41) is 33.9. The molecule has 6 heteroatoms. The van der Waals surface area contributed by atoms with E-state index >= 15 is 0 Å². The van der Waals surface area contributed by atoms with Gasteiger partial charge in [-0.05, 0) is 36.8 Å². The fourth-order valence-electron chi connectivity index (χ4n) is 7.55. The van der Waals surface area contributed by atoms with Crippen molar-refractivity contribution in [3.63, 3.8) is 0 Å². The van der Waals surface area contributed by atoms with Crippen molar-refractivity contribution in [1.82, 2.24) is 0 Å². The standard InChI is InChI=1S/C27H40O6/c1-6-7-8-9-10-21(29)33-26-13-17(3)27(32)19(22(26)24(26,4)5)12-18(15-28)14-25(31)20(27)11-16(2)23(25)30/h11-12,17,19-20,22,28,31-32H,6-10,13-15H2,1-5H3/t17-,19+,20-,22-,25-,26+,27-/m1/s1. The summed E-state index contributed by atoms with van der Waals surface area (Å²) in [4.78, 5) is 25.8. The number of carbonyl (C=O) groups is 2. The third kappa shape index (κ3) is 3.31. The van der Waals surface area contributed by atoms with E-state index in [0.29, 0.717) is 24.0 Å². The van der Waals surface area contributed by atoms with Gasteiger partial charge in [0.15, 0.2) is 5.78 Å². The predicted octanol–water partition coefficient (Wildman–Crippen LogP) is 3.48. The van der Waals surface area contributed by atoms with Gasteiger partial charge in [-0.2, -0.15) is 0 Å². The van der Waals surface area contributed by atoms with Gasteiger partial charge in [0, 0.05) is 36.0 Å². The Hall–Kier alpha value is -1.50. The molecule has 6 nitrogen and oxygen atoms in total. The quantitative estimate of drug-likeness (QED) is 0.305. The molecule has 4 rings (SSSR count). The molecular weight excluding hydrogens is 420 g/mol. The number of aliphatic hydroxyl groups excluding tert-OH is 1. The van der Waals surface area contributed by atoms with Gasteiger partial charge in [0.2, 0.25) is 0 Å². The summed E-state index contributed by atoms with van der Waals surface area (Å²) in [5.41, 5.74) is -3.19. The van der Waals surface area contributed by atoms with Gasteiger partial charge >= 0.3 is 5.97 Å². The van der Waals surface area contributed by atoms with Crippen LogP contribution in [-0.4, -0.2) is 50.5 Å². The fraction of sp³-hybridized carbons (Fsp3) is 0.778. The van der Waals surface area contributed by atoms with Crippen LogP contribution in [0.1, 0.15) is 79.6 Å². The lowest BCUT2D eigenvalue weighted by atomic mass is 9.60. The largest absolute Gasteiger partial charge is 0.458 e. The highest BCUT2D eigenvalue weighted by molar-refractivity contribution is 6.04. The average Bonchev–Trinajstić information content (AvgIpc) is 3.15. The van der Waals surface area contributed by atoms with E-state index in [1.165, 1.54) is 0 Å². The van der Waals surface area contributed by atoms with Crippen molar-refractivity contribution < 1.29 is 29.6 Å².